The Morgan fingerprint density at radius 1 is 1.32 bits per heavy atom. The van der Waals surface area contributed by atoms with Crippen molar-refractivity contribution in [3.05, 3.63) is 29.3 Å². The van der Waals surface area contributed by atoms with Crippen molar-refractivity contribution < 1.29 is 22.7 Å². The average Bonchev–Trinajstić information content (AvgIpc) is 2.33. The molecular weight excluding hydrogens is 281 g/mol. The van der Waals surface area contributed by atoms with Crippen LogP contribution in [0.4, 0.5) is 13.2 Å². The minimum Gasteiger partial charge on any atom is -0.493 e. The fourth-order valence-corrected chi connectivity index (χ4v) is 1.67. The average molecular weight is 295 g/mol. The molecule has 0 aliphatic carbocycles. The van der Waals surface area contributed by atoms with Gasteiger partial charge in [0.2, 0.25) is 0 Å². The third-order valence-electron chi connectivity index (χ3n) is 2.53. The zero-order valence-corrected chi connectivity index (χ0v) is 11.1. The number of hydrogen-bond acceptors (Lipinski definition) is 2. The third kappa shape index (κ3) is 4.74. The van der Waals surface area contributed by atoms with Crippen molar-refractivity contribution in [2.45, 2.75) is 32.4 Å². The van der Waals surface area contributed by atoms with Gasteiger partial charge in [0, 0.05) is 0 Å². The maximum Gasteiger partial charge on any atom is 0.416 e. The summed E-state index contributed by atoms with van der Waals surface area (Å²) < 4.78 is 42.9. The molecular formula is C13H14ClF3O2. The predicted octanol–water partition coefficient (Wildman–Crippen LogP) is 4.65. The Kier molecular flexibility index (Phi) is 5.66. The SMILES string of the molecule is CCCCCOc1cc(C(F)(F)F)ccc1C(=O)Cl. The van der Waals surface area contributed by atoms with Gasteiger partial charge < -0.3 is 4.74 Å². The summed E-state index contributed by atoms with van der Waals surface area (Å²) in [5.41, 5.74) is -0.911. The number of carbonyl (C=O) groups excluding carboxylic acids is 1. The Hall–Kier alpha value is -1.23. The summed E-state index contributed by atoms with van der Waals surface area (Å²) in [6.07, 6.45) is -1.89. The molecule has 1 rings (SSSR count). The van der Waals surface area contributed by atoms with E-state index in [0.717, 1.165) is 31.0 Å². The van der Waals surface area contributed by atoms with Crippen molar-refractivity contribution in [1.82, 2.24) is 0 Å². The molecule has 0 aliphatic heterocycles. The van der Waals surface area contributed by atoms with Crippen LogP contribution in [0.5, 0.6) is 5.75 Å². The first kappa shape index (κ1) is 15.8. The van der Waals surface area contributed by atoms with Gasteiger partial charge in [-0.1, -0.05) is 19.8 Å². The summed E-state index contributed by atoms with van der Waals surface area (Å²) in [6, 6.07) is 2.66. The minimum absolute atomic E-state index is 0.0498. The number of hydrogen-bond donors (Lipinski definition) is 0. The number of ether oxygens (including phenoxy) is 1. The van der Waals surface area contributed by atoms with Crippen molar-refractivity contribution >= 4 is 16.8 Å². The topological polar surface area (TPSA) is 26.3 Å². The van der Waals surface area contributed by atoms with Gasteiger partial charge in [0.1, 0.15) is 5.75 Å². The van der Waals surface area contributed by atoms with E-state index < -0.39 is 17.0 Å². The van der Waals surface area contributed by atoms with Crippen LogP contribution in [0, 0.1) is 0 Å². The van der Waals surface area contributed by atoms with Crippen LogP contribution in [0.25, 0.3) is 0 Å². The van der Waals surface area contributed by atoms with Crippen LogP contribution in [0.15, 0.2) is 18.2 Å². The largest absolute Gasteiger partial charge is 0.493 e. The summed E-state index contributed by atoms with van der Waals surface area (Å²) in [4.78, 5) is 11.1. The molecule has 0 unspecified atom stereocenters. The number of halogens is 4. The van der Waals surface area contributed by atoms with Gasteiger partial charge in [0.05, 0.1) is 17.7 Å². The van der Waals surface area contributed by atoms with Crippen molar-refractivity contribution in [3.8, 4) is 5.75 Å². The standard InChI is InChI=1S/C13H14ClF3O2/c1-2-3-4-7-19-11-8-9(13(15,16)17)5-6-10(11)12(14)18/h5-6,8H,2-4,7H2,1H3. The summed E-state index contributed by atoms with van der Waals surface area (Å²) in [6.45, 7) is 2.25. The highest BCUT2D eigenvalue weighted by molar-refractivity contribution is 6.68. The van der Waals surface area contributed by atoms with Gasteiger partial charge in [-0.2, -0.15) is 13.2 Å². The lowest BCUT2D eigenvalue weighted by atomic mass is 10.1. The van der Waals surface area contributed by atoms with Crippen molar-refractivity contribution in [1.29, 1.82) is 0 Å². The molecule has 0 amide bonds. The molecule has 106 valence electrons. The lowest BCUT2D eigenvalue weighted by Gasteiger charge is -2.12. The molecule has 0 bridgehead atoms. The van der Waals surface area contributed by atoms with E-state index in [1.54, 1.807) is 0 Å². The van der Waals surface area contributed by atoms with Gasteiger partial charge in [-0.15, -0.1) is 0 Å². The first-order chi connectivity index (χ1) is 8.86. The van der Waals surface area contributed by atoms with Gasteiger partial charge >= 0.3 is 6.18 Å². The van der Waals surface area contributed by atoms with Crippen LogP contribution in [0.3, 0.4) is 0 Å². The zero-order chi connectivity index (χ0) is 14.5. The maximum atomic E-state index is 12.6. The Labute approximate surface area is 114 Å². The Balaban J connectivity index is 2.93. The van der Waals surface area contributed by atoms with Crippen LogP contribution in [0.1, 0.15) is 42.1 Å². The van der Waals surface area contributed by atoms with E-state index >= 15 is 0 Å². The molecule has 0 radical (unpaired) electrons. The Morgan fingerprint density at radius 3 is 2.53 bits per heavy atom. The molecule has 1 aromatic carbocycles. The molecule has 0 heterocycles. The van der Waals surface area contributed by atoms with E-state index in [9.17, 15) is 18.0 Å². The van der Waals surface area contributed by atoms with E-state index in [1.807, 2.05) is 6.92 Å². The molecule has 0 fully saturated rings. The molecule has 0 saturated heterocycles. The van der Waals surface area contributed by atoms with Gasteiger partial charge in [-0.25, -0.2) is 0 Å². The number of carbonyl (C=O) groups is 1. The fraction of sp³-hybridized carbons (Fsp3) is 0.462. The number of benzene rings is 1. The predicted molar refractivity (Wildman–Crippen MR) is 66.6 cm³/mol. The highest BCUT2D eigenvalue weighted by Crippen LogP contribution is 2.33. The highest BCUT2D eigenvalue weighted by Gasteiger charge is 2.31. The second-order valence-corrected chi connectivity index (χ2v) is 4.38. The van der Waals surface area contributed by atoms with Crippen LogP contribution >= 0.6 is 11.6 Å². The number of alkyl halides is 3. The quantitative estimate of drug-likeness (QED) is 0.564. The Bertz CT molecular complexity index is 444. The van der Waals surface area contributed by atoms with E-state index in [-0.39, 0.29) is 17.9 Å². The van der Waals surface area contributed by atoms with Crippen LogP contribution < -0.4 is 4.74 Å². The van der Waals surface area contributed by atoms with Crippen LogP contribution in [0.2, 0.25) is 0 Å². The normalized spacial score (nSPS) is 11.4. The smallest absolute Gasteiger partial charge is 0.416 e. The van der Waals surface area contributed by atoms with Crippen molar-refractivity contribution in [2.75, 3.05) is 6.61 Å². The van der Waals surface area contributed by atoms with E-state index in [2.05, 4.69) is 0 Å². The third-order valence-corrected chi connectivity index (χ3v) is 2.73. The molecule has 0 N–H and O–H groups in total. The molecule has 19 heavy (non-hydrogen) atoms. The van der Waals surface area contributed by atoms with E-state index in [1.165, 1.54) is 0 Å². The van der Waals surface area contributed by atoms with E-state index in [0.29, 0.717) is 6.42 Å². The molecule has 0 saturated carbocycles. The number of rotatable bonds is 6. The summed E-state index contributed by atoms with van der Waals surface area (Å²) in [5, 5.41) is -0.834. The molecule has 2 nitrogen and oxygen atoms in total. The van der Waals surface area contributed by atoms with Gasteiger partial charge in [0.15, 0.2) is 0 Å². The first-order valence-electron chi connectivity index (χ1n) is 5.90. The fourth-order valence-electron chi connectivity index (χ4n) is 1.51. The van der Waals surface area contributed by atoms with Gasteiger partial charge in [-0.05, 0) is 36.2 Å². The summed E-state index contributed by atoms with van der Waals surface area (Å²) in [7, 11) is 0. The van der Waals surface area contributed by atoms with Crippen molar-refractivity contribution in [2.24, 2.45) is 0 Å². The molecule has 0 spiro atoms. The molecule has 0 atom stereocenters. The van der Waals surface area contributed by atoms with Gasteiger partial charge in [-0.3, -0.25) is 4.79 Å². The monoisotopic (exact) mass is 294 g/mol. The second-order valence-electron chi connectivity index (χ2n) is 4.04. The molecule has 0 aliphatic rings. The molecule has 6 heteroatoms. The van der Waals surface area contributed by atoms with Crippen molar-refractivity contribution in [3.63, 3.8) is 0 Å². The maximum absolute atomic E-state index is 12.6. The molecule has 0 aromatic heterocycles. The van der Waals surface area contributed by atoms with Crippen LogP contribution in [-0.4, -0.2) is 11.8 Å². The van der Waals surface area contributed by atoms with E-state index in [4.69, 9.17) is 16.3 Å². The summed E-state index contributed by atoms with van der Waals surface area (Å²) in [5.74, 6) is -0.120. The number of unbranched alkanes of at least 4 members (excludes halogenated alkanes) is 2. The van der Waals surface area contributed by atoms with Crippen LogP contribution in [-0.2, 0) is 6.18 Å². The first-order valence-corrected chi connectivity index (χ1v) is 6.28. The highest BCUT2D eigenvalue weighted by atomic mass is 35.5. The summed E-state index contributed by atoms with van der Waals surface area (Å²) >= 11 is 5.31. The lowest BCUT2D eigenvalue weighted by Crippen LogP contribution is -2.08. The van der Waals surface area contributed by atoms with Gasteiger partial charge in [0.25, 0.3) is 5.24 Å². The Morgan fingerprint density at radius 2 is 2.00 bits per heavy atom. The second kappa shape index (κ2) is 6.80. The molecule has 1 aromatic rings. The minimum atomic E-state index is -4.48. The lowest BCUT2D eigenvalue weighted by molar-refractivity contribution is -0.137. The zero-order valence-electron chi connectivity index (χ0n) is 10.4.